The van der Waals surface area contributed by atoms with Crippen LogP contribution in [0, 0.1) is 0 Å². The van der Waals surface area contributed by atoms with E-state index in [-0.39, 0.29) is 17.2 Å². The van der Waals surface area contributed by atoms with Crippen molar-refractivity contribution in [2.75, 3.05) is 4.90 Å². The van der Waals surface area contributed by atoms with Crippen LogP contribution in [0.1, 0.15) is 5.56 Å². The Bertz CT molecular complexity index is 1290. The number of amides is 3. The number of para-hydroxylation sites is 1. The maximum absolute atomic E-state index is 13.2. The van der Waals surface area contributed by atoms with Gasteiger partial charge in [-0.2, -0.15) is 0 Å². The molecule has 7 nitrogen and oxygen atoms in total. The Labute approximate surface area is 192 Å². The fraction of sp³-hybridized carbons (Fsp3) is 0.0476. The van der Waals surface area contributed by atoms with Gasteiger partial charge in [-0.15, -0.1) is 0 Å². The highest BCUT2D eigenvalue weighted by molar-refractivity contribution is 7.80. The summed E-state index contributed by atoms with van der Waals surface area (Å²) < 4.78 is 1.66. The first kappa shape index (κ1) is 21.0. The molecule has 3 aromatic rings. The van der Waals surface area contributed by atoms with E-state index >= 15 is 0 Å². The van der Waals surface area contributed by atoms with Crippen molar-refractivity contribution in [2.24, 2.45) is 5.73 Å². The predicted octanol–water partition coefficient (Wildman–Crippen LogP) is 3.26. The Hall–Kier alpha value is -3.20. The standard InChI is InChI=1S/C21H14Cl2N4O3S/c22-12-6-13(23)8-14(7-12)27-20(30)16(19(29)25-21(27)31)5-11-9-26(10-18(24)28)17-4-2-1-3-15(11)17/h1-9H,10H2,(H2,24,28)(H,25,29,31). The number of hydrogen-bond donors (Lipinski definition) is 2. The number of anilines is 1. The van der Waals surface area contributed by atoms with E-state index in [1.54, 1.807) is 10.8 Å². The molecule has 2 aromatic carbocycles. The minimum absolute atomic E-state index is 0.0406. The molecule has 0 saturated carbocycles. The molecule has 10 heteroatoms. The molecule has 3 N–H and O–H groups in total. The van der Waals surface area contributed by atoms with Crippen molar-refractivity contribution >= 4 is 80.9 Å². The molecule has 0 atom stereocenters. The lowest BCUT2D eigenvalue weighted by molar-refractivity contribution is -0.122. The van der Waals surface area contributed by atoms with Crippen LogP contribution >= 0.6 is 35.4 Å². The molecule has 0 spiro atoms. The average Bonchev–Trinajstić information content (AvgIpc) is 3.01. The number of thiocarbonyl (C=S) groups is 1. The topological polar surface area (TPSA) is 97.4 Å². The Kier molecular flexibility index (Phi) is 5.53. The van der Waals surface area contributed by atoms with E-state index in [0.717, 1.165) is 15.8 Å². The minimum Gasteiger partial charge on any atom is -0.368 e. The van der Waals surface area contributed by atoms with Crippen molar-refractivity contribution in [3.05, 3.63) is 69.8 Å². The summed E-state index contributed by atoms with van der Waals surface area (Å²) in [5, 5.41) is 3.82. The molecule has 3 amide bonds. The number of nitrogens with two attached hydrogens (primary N) is 1. The zero-order valence-corrected chi connectivity index (χ0v) is 18.1. The van der Waals surface area contributed by atoms with Crippen molar-refractivity contribution in [1.82, 2.24) is 9.88 Å². The number of carbonyl (C=O) groups excluding carboxylic acids is 3. The summed E-state index contributed by atoms with van der Waals surface area (Å²) in [6.45, 7) is -0.0406. The van der Waals surface area contributed by atoms with E-state index in [0.29, 0.717) is 21.3 Å². The van der Waals surface area contributed by atoms with Crippen LogP contribution in [0.4, 0.5) is 5.69 Å². The molecule has 0 bridgehead atoms. The van der Waals surface area contributed by atoms with Crippen molar-refractivity contribution in [2.45, 2.75) is 6.54 Å². The van der Waals surface area contributed by atoms with E-state index in [1.807, 2.05) is 24.3 Å². The van der Waals surface area contributed by atoms with Gasteiger partial charge in [0, 0.05) is 32.7 Å². The highest BCUT2D eigenvalue weighted by atomic mass is 35.5. The van der Waals surface area contributed by atoms with Gasteiger partial charge in [0.25, 0.3) is 11.8 Å². The summed E-state index contributed by atoms with van der Waals surface area (Å²) in [6.07, 6.45) is 3.12. The van der Waals surface area contributed by atoms with Crippen LogP contribution < -0.4 is 16.0 Å². The largest absolute Gasteiger partial charge is 0.368 e. The van der Waals surface area contributed by atoms with Crippen LogP contribution in [-0.4, -0.2) is 27.4 Å². The molecule has 4 rings (SSSR count). The van der Waals surface area contributed by atoms with Gasteiger partial charge in [0.2, 0.25) is 5.91 Å². The van der Waals surface area contributed by atoms with Crippen molar-refractivity contribution in [1.29, 1.82) is 0 Å². The number of hydrogen-bond acceptors (Lipinski definition) is 4. The zero-order chi connectivity index (χ0) is 22.3. The Morgan fingerprint density at radius 3 is 2.48 bits per heavy atom. The molecule has 1 aliphatic rings. The van der Waals surface area contributed by atoms with Crippen molar-refractivity contribution in [3.8, 4) is 0 Å². The third kappa shape index (κ3) is 4.05. The van der Waals surface area contributed by atoms with Gasteiger partial charge < -0.3 is 10.3 Å². The molecule has 0 unspecified atom stereocenters. The normalized spacial score (nSPS) is 15.6. The maximum Gasteiger partial charge on any atom is 0.270 e. The van der Waals surface area contributed by atoms with E-state index in [1.165, 1.54) is 24.3 Å². The Balaban J connectivity index is 1.82. The van der Waals surface area contributed by atoms with E-state index in [9.17, 15) is 14.4 Å². The van der Waals surface area contributed by atoms with Crippen LogP contribution in [-0.2, 0) is 20.9 Å². The van der Waals surface area contributed by atoms with E-state index in [2.05, 4.69) is 5.32 Å². The number of aromatic nitrogens is 1. The first-order chi connectivity index (χ1) is 14.7. The first-order valence-electron chi connectivity index (χ1n) is 8.98. The number of nitrogens with one attached hydrogen (secondary N) is 1. The highest BCUT2D eigenvalue weighted by Gasteiger charge is 2.35. The quantitative estimate of drug-likeness (QED) is 0.345. The second kappa shape index (κ2) is 8.14. The summed E-state index contributed by atoms with van der Waals surface area (Å²) in [6, 6.07) is 11.8. The molecule has 0 aliphatic carbocycles. The Morgan fingerprint density at radius 1 is 1.13 bits per heavy atom. The summed E-state index contributed by atoms with van der Waals surface area (Å²) in [5.41, 5.74) is 6.85. The van der Waals surface area contributed by atoms with Crippen LogP contribution in [0.3, 0.4) is 0 Å². The summed E-state index contributed by atoms with van der Waals surface area (Å²) in [7, 11) is 0. The summed E-state index contributed by atoms with van der Waals surface area (Å²) >= 11 is 17.3. The third-order valence-corrected chi connectivity index (χ3v) is 5.37. The van der Waals surface area contributed by atoms with Crippen LogP contribution in [0.2, 0.25) is 10.0 Å². The van der Waals surface area contributed by atoms with E-state index in [4.69, 9.17) is 41.2 Å². The van der Waals surface area contributed by atoms with Gasteiger partial charge in [0.1, 0.15) is 12.1 Å². The number of rotatable bonds is 4. The van der Waals surface area contributed by atoms with Gasteiger partial charge >= 0.3 is 0 Å². The predicted molar refractivity (Wildman–Crippen MR) is 124 cm³/mol. The second-order valence-electron chi connectivity index (χ2n) is 6.78. The highest BCUT2D eigenvalue weighted by Crippen LogP contribution is 2.30. The lowest BCUT2D eigenvalue weighted by Crippen LogP contribution is -2.54. The molecule has 1 fully saturated rings. The molecule has 1 saturated heterocycles. The fourth-order valence-electron chi connectivity index (χ4n) is 3.40. The molecular formula is C21H14Cl2N4O3S. The lowest BCUT2D eigenvalue weighted by atomic mass is 10.1. The van der Waals surface area contributed by atoms with Crippen LogP contribution in [0.15, 0.2) is 54.2 Å². The summed E-state index contributed by atoms with van der Waals surface area (Å²) in [5.74, 6) is -1.77. The molecule has 1 aromatic heterocycles. The molecule has 156 valence electrons. The first-order valence-corrected chi connectivity index (χ1v) is 10.1. The molecular weight excluding hydrogens is 459 g/mol. The molecule has 0 radical (unpaired) electrons. The van der Waals surface area contributed by atoms with Crippen molar-refractivity contribution < 1.29 is 14.4 Å². The lowest BCUT2D eigenvalue weighted by Gasteiger charge is -2.29. The number of halogens is 2. The number of primary amides is 1. The van der Waals surface area contributed by atoms with Crippen molar-refractivity contribution in [3.63, 3.8) is 0 Å². The smallest absolute Gasteiger partial charge is 0.270 e. The molecule has 31 heavy (non-hydrogen) atoms. The number of carbonyl (C=O) groups is 3. The van der Waals surface area contributed by atoms with E-state index < -0.39 is 17.7 Å². The minimum atomic E-state index is -0.633. The van der Waals surface area contributed by atoms with Crippen LogP contribution in [0.25, 0.3) is 17.0 Å². The average molecular weight is 473 g/mol. The number of fused-ring (bicyclic) bond motifs is 1. The second-order valence-corrected chi connectivity index (χ2v) is 8.04. The van der Waals surface area contributed by atoms with Gasteiger partial charge in [-0.3, -0.25) is 24.6 Å². The molecule has 1 aliphatic heterocycles. The number of benzene rings is 2. The monoisotopic (exact) mass is 472 g/mol. The SMILES string of the molecule is NC(=O)Cn1cc(C=C2C(=O)NC(=S)N(c3cc(Cl)cc(Cl)c3)C2=O)c2ccccc21. The molecule has 2 heterocycles. The van der Waals surface area contributed by atoms with Gasteiger partial charge in [-0.1, -0.05) is 41.4 Å². The van der Waals surface area contributed by atoms with Gasteiger partial charge in [-0.05, 0) is 42.6 Å². The zero-order valence-electron chi connectivity index (χ0n) is 15.8. The van der Waals surface area contributed by atoms with Gasteiger partial charge in [-0.25, -0.2) is 0 Å². The van der Waals surface area contributed by atoms with Gasteiger partial charge in [0.05, 0.1) is 5.69 Å². The third-order valence-electron chi connectivity index (χ3n) is 4.65. The number of nitrogens with zero attached hydrogens (tertiary/aromatic N) is 2. The fourth-order valence-corrected chi connectivity index (χ4v) is 4.20. The Morgan fingerprint density at radius 2 is 1.81 bits per heavy atom. The maximum atomic E-state index is 13.2. The van der Waals surface area contributed by atoms with Crippen LogP contribution in [0.5, 0.6) is 0 Å². The summed E-state index contributed by atoms with van der Waals surface area (Å²) in [4.78, 5) is 38.4. The van der Waals surface area contributed by atoms with Gasteiger partial charge in [0.15, 0.2) is 5.11 Å².